The molecule has 1 aromatic carbocycles. The minimum Gasteiger partial charge on any atom is -0.406 e. The monoisotopic (exact) mass is 431 g/mol. The van der Waals surface area contributed by atoms with Crippen molar-refractivity contribution in [2.45, 2.75) is 25.3 Å². The summed E-state index contributed by atoms with van der Waals surface area (Å²) in [5, 5.41) is 2.79. The lowest BCUT2D eigenvalue weighted by Gasteiger charge is -2.10. The molecular formula is C13H17F3IN3O2. The molecule has 0 radical (unpaired) electrons. The first-order chi connectivity index (χ1) is 9.92. The summed E-state index contributed by atoms with van der Waals surface area (Å²) >= 11 is 0. The van der Waals surface area contributed by atoms with Gasteiger partial charge in [0.1, 0.15) is 5.75 Å². The van der Waals surface area contributed by atoms with Crippen molar-refractivity contribution >= 4 is 35.6 Å². The number of guanidine groups is 1. The number of aliphatic imine (C=N–C) groups is 1. The molecule has 3 N–H and O–H groups in total. The third-order valence-electron chi connectivity index (χ3n) is 2.85. The molecule has 1 atom stereocenters. The average molecular weight is 431 g/mol. The third-order valence-corrected chi connectivity index (χ3v) is 2.85. The molecule has 9 heteroatoms. The van der Waals surface area contributed by atoms with Gasteiger partial charge in [-0.25, -0.2) is 0 Å². The van der Waals surface area contributed by atoms with Gasteiger partial charge in [0, 0.05) is 12.3 Å². The Kier molecular flexibility index (Phi) is 7.20. The standard InChI is InChI=1S/C13H16F3N3O2.HI/c14-13(15,16)21-10-5-3-9(4-6-10)19-12(17)18-8-11-2-1-7-20-11;/h3-6,11H,1-2,7-8H2,(H3,17,18,19);1H. The molecule has 1 fully saturated rings. The number of ether oxygens (including phenoxy) is 2. The highest BCUT2D eigenvalue weighted by atomic mass is 127. The van der Waals surface area contributed by atoms with Gasteiger partial charge in [-0.05, 0) is 37.1 Å². The summed E-state index contributed by atoms with van der Waals surface area (Å²) in [5.41, 5.74) is 6.22. The Balaban J connectivity index is 0.00000242. The van der Waals surface area contributed by atoms with Crippen LogP contribution in [0.3, 0.4) is 0 Å². The van der Waals surface area contributed by atoms with E-state index < -0.39 is 6.36 Å². The first-order valence-corrected chi connectivity index (χ1v) is 6.47. The number of anilines is 1. The lowest BCUT2D eigenvalue weighted by Crippen LogP contribution is -2.24. The van der Waals surface area contributed by atoms with E-state index in [0.717, 1.165) is 19.4 Å². The number of halogens is 4. The van der Waals surface area contributed by atoms with Crippen molar-refractivity contribution in [3.8, 4) is 5.75 Å². The number of nitrogens with zero attached hydrogens (tertiary/aromatic N) is 1. The van der Waals surface area contributed by atoms with E-state index in [-0.39, 0.29) is 41.8 Å². The van der Waals surface area contributed by atoms with E-state index in [1.165, 1.54) is 24.3 Å². The van der Waals surface area contributed by atoms with Gasteiger partial charge in [0.25, 0.3) is 0 Å². The molecule has 1 aromatic rings. The Morgan fingerprint density at radius 1 is 1.36 bits per heavy atom. The SMILES string of the molecule is I.NC(=NCC1CCCO1)Nc1ccc(OC(F)(F)F)cc1. The van der Waals surface area contributed by atoms with Crippen molar-refractivity contribution in [1.82, 2.24) is 0 Å². The maximum atomic E-state index is 12.0. The lowest BCUT2D eigenvalue weighted by atomic mass is 10.2. The maximum Gasteiger partial charge on any atom is 0.573 e. The first kappa shape index (κ1) is 18.8. The third kappa shape index (κ3) is 6.69. The van der Waals surface area contributed by atoms with Gasteiger partial charge in [-0.15, -0.1) is 37.1 Å². The average Bonchev–Trinajstić information content (AvgIpc) is 2.90. The van der Waals surface area contributed by atoms with Gasteiger partial charge in [0.15, 0.2) is 5.96 Å². The van der Waals surface area contributed by atoms with Gasteiger partial charge in [-0.1, -0.05) is 0 Å². The second-order valence-electron chi connectivity index (χ2n) is 4.56. The fraction of sp³-hybridized carbons (Fsp3) is 0.462. The predicted molar refractivity (Wildman–Crippen MR) is 87.6 cm³/mol. The Hall–Kier alpha value is -1.23. The summed E-state index contributed by atoms with van der Waals surface area (Å²) in [6.07, 6.45) is -2.63. The number of benzene rings is 1. The highest BCUT2D eigenvalue weighted by Gasteiger charge is 2.30. The Morgan fingerprint density at radius 2 is 2.05 bits per heavy atom. The molecule has 2 rings (SSSR count). The van der Waals surface area contributed by atoms with E-state index in [9.17, 15) is 13.2 Å². The molecule has 0 spiro atoms. The van der Waals surface area contributed by atoms with Crippen molar-refractivity contribution in [3.63, 3.8) is 0 Å². The molecule has 1 saturated heterocycles. The number of nitrogens with two attached hydrogens (primary N) is 1. The molecule has 1 aliphatic heterocycles. The first-order valence-electron chi connectivity index (χ1n) is 6.47. The molecule has 22 heavy (non-hydrogen) atoms. The molecule has 1 aliphatic rings. The van der Waals surface area contributed by atoms with Crippen molar-refractivity contribution < 1.29 is 22.6 Å². The van der Waals surface area contributed by atoms with E-state index in [4.69, 9.17) is 10.5 Å². The van der Waals surface area contributed by atoms with Crippen molar-refractivity contribution in [2.75, 3.05) is 18.5 Å². The van der Waals surface area contributed by atoms with Crippen molar-refractivity contribution in [3.05, 3.63) is 24.3 Å². The van der Waals surface area contributed by atoms with Crippen LogP contribution in [-0.2, 0) is 4.74 Å². The second-order valence-corrected chi connectivity index (χ2v) is 4.56. The Morgan fingerprint density at radius 3 is 2.59 bits per heavy atom. The van der Waals surface area contributed by atoms with E-state index >= 15 is 0 Å². The molecule has 0 aliphatic carbocycles. The van der Waals surface area contributed by atoms with Gasteiger partial charge < -0.3 is 20.5 Å². The highest BCUT2D eigenvalue weighted by molar-refractivity contribution is 14.0. The number of rotatable bonds is 4. The normalized spacial score (nSPS) is 18.7. The summed E-state index contributed by atoms with van der Waals surface area (Å²) in [4.78, 5) is 4.13. The Bertz CT molecular complexity index is 488. The zero-order valence-corrected chi connectivity index (χ0v) is 13.9. The number of hydrogen-bond donors (Lipinski definition) is 2. The minimum atomic E-state index is -4.70. The van der Waals surface area contributed by atoms with E-state index in [1.54, 1.807) is 0 Å². The zero-order valence-electron chi connectivity index (χ0n) is 11.6. The van der Waals surface area contributed by atoms with Crippen LogP contribution in [0.4, 0.5) is 18.9 Å². The minimum absolute atomic E-state index is 0. The topological polar surface area (TPSA) is 68.9 Å². The summed E-state index contributed by atoms with van der Waals surface area (Å²) in [6, 6.07) is 5.25. The van der Waals surface area contributed by atoms with E-state index in [1.807, 2.05) is 0 Å². The number of alkyl halides is 3. The van der Waals surface area contributed by atoms with Gasteiger partial charge in [-0.2, -0.15) is 0 Å². The molecule has 1 unspecified atom stereocenters. The Labute approximate surface area is 143 Å². The van der Waals surface area contributed by atoms with Crippen LogP contribution in [0.5, 0.6) is 5.75 Å². The quantitative estimate of drug-likeness (QED) is 0.437. The number of hydrogen-bond acceptors (Lipinski definition) is 3. The van der Waals surface area contributed by atoms with Crippen LogP contribution < -0.4 is 15.8 Å². The van der Waals surface area contributed by atoms with Crippen LogP contribution in [-0.4, -0.2) is 31.6 Å². The maximum absolute atomic E-state index is 12.0. The largest absolute Gasteiger partial charge is 0.573 e. The van der Waals surface area contributed by atoms with E-state index in [2.05, 4.69) is 15.0 Å². The summed E-state index contributed by atoms with van der Waals surface area (Å²) in [5.74, 6) is -0.0992. The molecule has 0 amide bonds. The van der Waals surface area contributed by atoms with Gasteiger partial charge in [-0.3, -0.25) is 4.99 Å². The predicted octanol–water partition coefficient (Wildman–Crippen LogP) is 3.11. The van der Waals surface area contributed by atoms with Crippen LogP contribution in [0.25, 0.3) is 0 Å². The summed E-state index contributed by atoms with van der Waals surface area (Å²) in [6.45, 7) is 1.21. The molecule has 1 heterocycles. The van der Waals surface area contributed by atoms with Gasteiger partial charge in [0.05, 0.1) is 12.6 Å². The molecular weight excluding hydrogens is 414 g/mol. The van der Waals surface area contributed by atoms with Crippen LogP contribution in [0.1, 0.15) is 12.8 Å². The molecule has 0 bridgehead atoms. The van der Waals surface area contributed by atoms with Crippen LogP contribution in [0.2, 0.25) is 0 Å². The second kappa shape index (κ2) is 8.42. The highest BCUT2D eigenvalue weighted by Crippen LogP contribution is 2.23. The molecule has 5 nitrogen and oxygen atoms in total. The fourth-order valence-corrected chi connectivity index (χ4v) is 1.92. The van der Waals surface area contributed by atoms with Crippen LogP contribution in [0, 0.1) is 0 Å². The molecule has 124 valence electrons. The molecule has 0 aromatic heterocycles. The van der Waals surface area contributed by atoms with Crippen LogP contribution >= 0.6 is 24.0 Å². The van der Waals surface area contributed by atoms with Crippen LogP contribution in [0.15, 0.2) is 29.3 Å². The molecule has 0 saturated carbocycles. The smallest absolute Gasteiger partial charge is 0.406 e. The zero-order chi connectivity index (χ0) is 15.3. The van der Waals surface area contributed by atoms with Gasteiger partial charge in [0.2, 0.25) is 0 Å². The van der Waals surface area contributed by atoms with Crippen molar-refractivity contribution in [2.24, 2.45) is 10.7 Å². The summed E-state index contributed by atoms with van der Waals surface area (Å²) < 4.78 is 45.2. The lowest BCUT2D eigenvalue weighted by molar-refractivity contribution is -0.274. The van der Waals surface area contributed by atoms with E-state index in [0.29, 0.717) is 12.2 Å². The fourth-order valence-electron chi connectivity index (χ4n) is 1.92. The summed E-state index contributed by atoms with van der Waals surface area (Å²) in [7, 11) is 0. The van der Waals surface area contributed by atoms with Crippen molar-refractivity contribution in [1.29, 1.82) is 0 Å². The van der Waals surface area contributed by atoms with Gasteiger partial charge >= 0.3 is 6.36 Å². The number of nitrogens with one attached hydrogen (secondary N) is 1.